The molecule has 0 saturated carbocycles. The Morgan fingerprint density at radius 1 is 1.13 bits per heavy atom. The van der Waals surface area contributed by atoms with Crippen LogP contribution in [-0.2, 0) is 13.0 Å². The van der Waals surface area contributed by atoms with Crippen molar-refractivity contribution in [3.05, 3.63) is 59.8 Å². The normalized spacial score (nSPS) is 16.7. The van der Waals surface area contributed by atoms with E-state index >= 15 is 0 Å². The maximum absolute atomic E-state index is 8.86. The first kappa shape index (κ1) is 20.9. The van der Waals surface area contributed by atoms with Crippen LogP contribution in [0.5, 0.6) is 0 Å². The second kappa shape index (κ2) is 10.1. The molecule has 1 fully saturated rings. The Morgan fingerprint density at radius 2 is 2.06 bits per heavy atom. The van der Waals surface area contributed by atoms with Crippen molar-refractivity contribution in [2.45, 2.75) is 58.0 Å². The molecule has 31 heavy (non-hydrogen) atoms. The van der Waals surface area contributed by atoms with Crippen molar-refractivity contribution in [3.8, 4) is 6.07 Å². The summed E-state index contributed by atoms with van der Waals surface area (Å²) in [6, 6.07) is 5.76. The second-order valence-corrected chi connectivity index (χ2v) is 7.94. The number of rotatable bonds is 8. The number of unbranched alkanes of at least 4 members (excludes halogenated alkanes) is 1. The molecule has 160 valence electrons. The highest BCUT2D eigenvalue weighted by Gasteiger charge is 2.26. The summed E-state index contributed by atoms with van der Waals surface area (Å²) in [7, 11) is 0. The first-order valence-corrected chi connectivity index (χ1v) is 11.0. The minimum Gasteiger partial charge on any atom is -0.345 e. The fourth-order valence-electron chi connectivity index (χ4n) is 3.95. The molecule has 1 saturated heterocycles. The zero-order valence-corrected chi connectivity index (χ0v) is 17.9. The predicted octanol–water partition coefficient (Wildman–Crippen LogP) is 4.28. The maximum atomic E-state index is 8.86. The van der Waals surface area contributed by atoms with Gasteiger partial charge in [-0.05, 0) is 37.9 Å². The van der Waals surface area contributed by atoms with Gasteiger partial charge in [0.25, 0.3) is 0 Å². The van der Waals surface area contributed by atoms with Gasteiger partial charge in [0.15, 0.2) is 0 Å². The van der Waals surface area contributed by atoms with E-state index in [9.17, 15) is 0 Å². The topological polar surface area (TPSA) is 106 Å². The number of nitrogens with zero attached hydrogens (tertiary/aromatic N) is 6. The zero-order valence-electron chi connectivity index (χ0n) is 17.9. The van der Waals surface area contributed by atoms with Crippen LogP contribution >= 0.6 is 0 Å². The van der Waals surface area contributed by atoms with Crippen LogP contribution in [0.4, 0.5) is 11.5 Å². The molecule has 0 aliphatic carbocycles. The first-order valence-electron chi connectivity index (χ1n) is 11.0. The molecule has 0 bridgehead atoms. The van der Waals surface area contributed by atoms with E-state index in [1.165, 1.54) is 19.3 Å². The quantitative estimate of drug-likeness (QED) is 0.564. The SMILES string of the molecule is CCCCc1ncc(CN2CCCC[C@H]2c2cnc(Nc3ccc(C#N)nc3)cn2)[nH]1. The highest BCUT2D eigenvalue weighted by molar-refractivity contribution is 5.54. The molecule has 0 unspecified atom stereocenters. The van der Waals surface area contributed by atoms with Gasteiger partial charge in [-0.25, -0.2) is 15.0 Å². The fraction of sp³-hybridized carbons (Fsp3) is 0.435. The van der Waals surface area contributed by atoms with E-state index in [0.717, 1.165) is 55.3 Å². The summed E-state index contributed by atoms with van der Waals surface area (Å²) < 4.78 is 0. The minimum absolute atomic E-state index is 0.259. The number of nitrogens with one attached hydrogen (secondary N) is 2. The summed E-state index contributed by atoms with van der Waals surface area (Å²) in [6.45, 7) is 4.10. The lowest BCUT2D eigenvalue weighted by atomic mass is 9.99. The van der Waals surface area contributed by atoms with Crippen molar-refractivity contribution < 1.29 is 0 Å². The molecule has 4 heterocycles. The Hall–Kier alpha value is -3.31. The Balaban J connectivity index is 1.41. The van der Waals surface area contributed by atoms with Crippen molar-refractivity contribution in [2.75, 3.05) is 11.9 Å². The van der Waals surface area contributed by atoms with Gasteiger partial charge in [-0.15, -0.1) is 0 Å². The summed E-state index contributed by atoms with van der Waals surface area (Å²) in [4.78, 5) is 23.8. The molecule has 0 amide bonds. The number of hydrogen-bond acceptors (Lipinski definition) is 7. The molecule has 8 nitrogen and oxygen atoms in total. The van der Waals surface area contributed by atoms with E-state index in [2.05, 4.69) is 37.1 Å². The van der Waals surface area contributed by atoms with Gasteiger partial charge in [0.05, 0.1) is 36.0 Å². The molecule has 1 aliphatic rings. The van der Waals surface area contributed by atoms with Crippen LogP contribution in [0, 0.1) is 11.3 Å². The predicted molar refractivity (Wildman–Crippen MR) is 118 cm³/mol. The Bertz CT molecular complexity index is 1000. The number of pyridine rings is 1. The van der Waals surface area contributed by atoms with Crippen LogP contribution in [0.15, 0.2) is 36.9 Å². The lowest BCUT2D eigenvalue weighted by Crippen LogP contribution is -2.33. The molecule has 0 radical (unpaired) electrons. The van der Waals surface area contributed by atoms with Crippen LogP contribution in [0.1, 0.15) is 68.0 Å². The summed E-state index contributed by atoms with van der Waals surface area (Å²) in [5, 5.41) is 12.0. The van der Waals surface area contributed by atoms with Gasteiger partial charge in [0, 0.05) is 24.9 Å². The maximum Gasteiger partial charge on any atom is 0.148 e. The number of likely N-dealkylation sites (tertiary alicyclic amines) is 1. The molecule has 3 aromatic rings. The van der Waals surface area contributed by atoms with E-state index in [1.807, 2.05) is 24.5 Å². The molecular weight excluding hydrogens is 388 g/mol. The van der Waals surface area contributed by atoms with Gasteiger partial charge in [0.2, 0.25) is 0 Å². The van der Waals surface area contributed by atoms with Gasteiger partial charge in [-0.1, -0.05) is 19.8 Å². The monoisotopic (exact) mass is 416 g/mol. The number of aromatic nitrogens is 5. The Kier molecular flexibility index (Phi) is 6.85. The molecule has 2 N–H and O–H groups in total. The van der Waals surface area contributed by atoms with Crippen molar-refractivity contribution in [1.82, 2.24) is 29.8 Å². The number of nitriles is 1. The van der Waals surface area contributed by atoms with Gasteiger partial charge in [0.1, 0.15) is 23.4 Å². The summed E-state index contributed by atoms with van der Waals surface area (Å²) in [5.74, 6) is 1.74. The lowest BCUT2D eigenvalue weighted by molar-refractivity contribution is 0.135. The number of hydrogen-bond donors (Lipinski definition) is 2. The third-order valence-corrected chi connectivity index (χ3v) is 5.60. The van der Waals surface area contributed by atoms with Crippen molar-refractivity contribution in [2.24, 2.45) is 0 Å². The molecule has 1 aliphatic heterocycles. The molecule has 3 aromatic heterocycles. The number of anilines is 2. The average molecular weight is 417 g/mol. The highest BCUT2D eigenvalue weighted by atomic mass is 15.2. The summed E-state index contributed by atoms with van der Waals surface area (Å²) in [5.41, 5.74) is 3.32. The minimum atomic E-state index is 0.259. The number of aryl methyl sites for hydroxylation is 1. The first-order chi connectivity index (χ1) is 15.2. The van der Waals surface area contributed by atoms with Crippen LogP contribution in [0.25, 0.3) is 0 Å². The molecule has 4 rings (SSSR count). The number of piperidine rings is 1. The van der Waals surface area contributed by atoms with Crippen LogP contribution in [-0.4, -0.2) is 36.4 Å². The number of H-pyrrole nitrogens is 1. The second-order valence-electron chi connectivity index (χ2n) is 7.94. The zero-order chi connectivity index (χ0) is 21.5. The number of imidazole rings is 1. The van der Waals surface area contributed by atoms with Crippen molar-refractivity contribution >= 4 is 11.5 Å². The molecule has 0 spiro atoms. The van der Waals surface area contributed by atoms with E-state index in [0.29, 0.717) is 11.5 Å². The molecular formula is C23H28N8. The molecule has 8 heteroatoms. The van der Waals surface area contributed by atoms with Crippen molar-refractivity contribution in [3.63, 3.8) is 0 Å². The summed E-state index contributed by atoms with van der Waals surface area (Å²) >= 11 is 0. The van der Waals surface area contributed by atoms with E-state index in [4.69, 9.17) is 10.2 Å². The van der Waals surface area contributed by atoms with E-state index < -0.39 is 0 Å². The van der Waals surface area contributed by atoms with Gasteiger partial charge in [-0.2, -0.15) is 5.26 Å². The number of aromatic amines is 1. The van der Waals surface area contributed by atoms with E-state index in [1.54, 1.807) is 18.5 Å². The highest BCUT2D eigenvalue weighted by Crippen LogP contribution is 2.31. The smallest absolute Gasteiger partial charge is 0.148 e. The third-order valence-electron chi connectivity index (χ3n) is 5.60. The van der Waals surface area contributed by atoms with Crippen LogP contribution < -0.4 is 5.32 Å². The van der Waals surface area contributed by atoms with Crippen LogP contribution in [0.2, 0.25) is 0 Å². The fourth-order valence-corrected chi connectivity index (χ4v) is 3.95. The standard InChI is InChI=1S/C23H28N8/c1-2-3-7-22-27-13-19(30-22)16-31-10-5-4-6-21(31)20-14-28-23(15-26-20)29-18-9-8-17(11-24)25-12-18/h8-9,12-15,21H,2-7,10,16H2,1H3,(H,27,30)(H,28,29)/t21-/m0/s1. The lowest BCUT2D eigenvalue weighted by Gasteiger charge is -2.34. The van der Waals surface area contributed by atoms with Crippen molar-refractivity contribution in [1.29, 1.82) is 5.26 Å². The molecule has 0 aromatic carbocycles. The summed E-state index contributed by atoms with van der Waals surface area (Å²) in [6.07, 6.45) is 14.0. The Labute approximate surface area is 182 Å². The average Bonchev–Trinajstić information content (AvgIpc) is 3.26. The Morgan fingerprint density at radius 3 is 2.81 bits per heavy atom. The van der Waals surface area contributed by atoms with Gasteiger partial charge < -0.3 is 10.3 Å². The molecule has 1 atom stereocenters. The largest absolute Gasteiger partial charge is 0.345 e. The third kappa shape index (κ3) is 5.44. The van der Waals surface area contributed by atoms with Gasteiger partial charge >= 0.3 is 0 Å². The van der Waals surface area contributed by atoms with Crippen LogP contribution in [0.3, 0.4) is 0 Å². The van der Waals surface area contributed by atoms with E-state index in [-0.39, 0.29) is 6.04 Å². The van der Waals surface area contributed by atoms with Gasteiger partial charge in [-0.3, -0.25) is 9.88 Å².